The average Bonchev–Trinajstić information content (AvgIpc) is 2.67. The second-order valence-electron chi connectivity index (χ2n) is 5.13. The molecule has 1 aromatic rings. The summed E-state index contributed by atoms with van der Waals surface area (Å²) < 4.78 is 32.1. The first-order valence-corrected chi connectivity index (χ1v) is 8.78. The topological polar surface area (TPSA) is 71.3 Å². The third kappa shape index (κ3) is 5.64. The Bertz CT molecular complexity index is 508. The first-order valence-electron chi connectivity index (χ1n) is 7.13. The zero-order chi connectivity index (χ0) is 15.2. The molecule has 0 saturated heterocycles. The van der Waals surface area contributed by atoms with Gasteiger partial charge in [0.2, 0.25) is 10.0 Å². The van der Waals surface area contributed by atoms with Gasteiger partial charge in [-0.15, -0.1) is 0 Å². The molecule has 0 aromatic carbocycles. The van der Waals surface area contributed by atoms with E-state index in [-0.39, 0.29) is 11.8 Å². The number of sulfonamides is 1. The summed E-state index contributed by atoms with van der Waals surface area (Å²) in [5.74, 6) is 1.71. The molecule has 1 aromatic heterocycles. The molecule has 1 unspecified atom stereocenters. The maximum atomic E-state index is 12.0. The maximum Gasteiger partial charge on any atom is 0.212 e. The maximum absolute atomic E-state index is 12.0. The standard InChI is InChI=1S/C14H26N2O3S/c1-5-7-15-8-6-9-20(17,18)16-12(3)14-10-11(2)19-13(14)4/h10,12,15-16H,5-9H2,1-4H3. The monoisotopic (exact) mass is 302 g/mol. The highest BCUT2D eigenvalue weighted by atomic mass is 32.2. The van der Waals surface area contributed by atoms with Gasteiger partial charge in [0.25, 0.3) is 0 Å². The van der Waals surface area contributed by atoms with E-state index in [1.54, 1.807) is 0 Å². The number of furan rings is 1. The van der Waals surface area contributed by atoms with E-state index in [1.807, 2.05) is 26.8 Å². The third-order valence-electron chi connectivity index (χ3n) is 3.10. The van der Waals surface area contributed by atoms with Crippen molar-refractivity contribution in [2.75, 3.05) is 18.8 Å². The summed E-state index contributed by atoms with van der Waals surface area (Å²) in [6.07, 6.45) is 1.67. The zero-order valence-electron chi connectivity index (χ0n) is 12.8. The van der Waals surface area contributed by atoms with Gasteiger partial charge in [-0.3, -0.25) is 0 Å². The van der Waals surface area contributed by atoms with Gasteiger partial charge in [0, 0.05) is 11.6 Å². The molecule has 1 heterocycles. The zero-order valence-corrected chi connectivity index (χ0v) is 13.6. The summed E-state index contributed by atoms with van der Waals surface area (Å²) in [6, 6.07) is 1.62. The number of hydrogen-bond donors (Lipinski definition) is 2. The van der Waals surface area contributed by atoms with Crippen LogP contribution < -0.4 is 10.0 Å². The smallest absolute Gasteiger partial charge is 0.212 e. The summed E-state index contributed by atoms with van der Waals surface area (Å²) in [7, 11) is -3.26. The van der Waals surface area contributed by atoms with Gasteiger partial charge in [-0.1, -0.05) is 6.92 Å². The Labute approximate surface area is 122 Å². The van der Waals surface area contributed by atoms with Gasteiger partial charge in [-0.2, -0.15) is 0 Å². The molecule has 20 heavy (non-hydrogen) atoms. The van der Waals surface area contributed by atoms with Crippen LogP contribution >= 0.6 is 0 Å². The Kier molecular flexibility index (Phi) is 6.71. The Morgan fingerprint density at radius 2 is 2.00 bits per heavy atom. The van der Waals surface area contributed by atoms with Gasteiger partial charge in [-0.25, -0.2) is 13.1 Å². The summed E-state index contributed by atoms with van der Waals surface area (Å²) in [5.41, 5.74) is 0.898. The van der Waals surface area contributed by atoms with E-state index < -0.39 is 10.0 Å². The SMILES string of the molecule is CCCNCCCS(=O)(=O)NC(C)c1cc(C)oc1C. The molecule has 6 heteroatoms. The Hall–Kier alpha value is -0.850. The molecule has 1 rings (SSSR count). The van der Waals surface area contributed by atoms with Gasteiger partial charge in [-0.05, 0) is 52.8 Å². The fourth-order valence-electron chi connectivity index (χ4n) is 2.16. The molecule has 5 nitrogen and oxygen atoms in total. The molecule has 0 spiro atoms. The molecule has 116 valence electrons. The quantitative estimate of drug-likeness (QED) is 0.686. The lowest BCUT2D eigenvalue weighted by Crippen LogP contribution is -2.30. The molecule has 0 bridgehead atoms. The molecule has 0 aliphatic rings. The molecule has 0 amide bonds. The van der Waals surface area contributed by atoms with Crippen molar-refractivity contribution < 1.29 is 12.8 Å². The first-order chi connectivity index (χ1) is 9.35. The van der Waals surface area contributed by atoms with E-state index in [2.05, 4.69) is 17.0 Å². The highest BCUT2D eigenvalue weighted by Gasteiger charge is 2.18. The van der Waals surface area contributed by atoms with Crippen LogP contribution in [0.4, 0.5) is 0 Å². The van der Waals surface area contributed by atoms with Crippen LogP contribution in [0.15, 0.2) is 10.5 Å². The van der Waals surface area contributed by atoms with Crippen molar-refractivity contribution in [2.24, 2.45) is 0 Å². The average molecular weight is 302 g/mol. The number of aryl methyl sites for hydroxylation is 2. The van der Waals surface area contributed by atoms with Gasteiger partial charge >= 0.3 is 0 Å². The lowest BCUT2D eigenvalue weighted by atomic mass is 10.1. The highest BCUT2D eigenvalue weighted by Crippen LogP contribution is 2.21. The van der Waals surface area contributed by atoms with Crippen molar-refractivity contribution in [3.63, 3.8) is 0 Å². The Morgan fingerprint density at radius 3 is 2.55 bits per heavy atom. The van der Waals surface area contributed by atoms with Crippen LogP contribution in [-0.2, 0) is 10.0 Å². The van der Waals surface area contributed by atoms with Crippen LogP contribution in [0.2, 0.25) is 0 Å². The number of hydrogen-bond acceptors (Lipinski definition) is 4. The van der Waals surface area contributed by atoms with Gasteiger partial charge in [0.15, 0.2) is 0 Å². The second kappa shape index (κ2) is 7.81. The molecule has 2 N–H and O–H groups in total. The van der Waals surface area contributed by atoms with Crippen LogP contribution in [-0.4, -0.2) is 27.3 Å². The predicted molar refractivity (Wildman–Crippen MR) is 81.3 cm³/mol. The fraction of sp³-hybridized carbons (Fsp3) is 0.714. The minimum atomic E-state index is -3.26. The normalized spacial score (nSPS) is 13.6. The predicted octanol–water partition coefficient (Wildman–Crippen LogP) is 2.27. The fourth-order valence-corrected chi connectivity index (χ4v) is 3.47. The molecule has 0 radical (unpaired) electrons. The Balaban J connectivity index is 2.47. The largest absolute Gasteiger partial charge is 0.466 e. The van der Waals surface area contributed by atoms with Crippen molar-refractivity contribution in [3.05, 3.63) is 23.2 Å². The molecule has 0 saturated carbocycles. The molecule has 0 aliphatic heterocycles. The molecular formula is C14H26N2O3S. The summed E-state index contributed by atoms with van der Waals surface area (Å²) in [4.78, 5) is 0. The molecule has 0 aliphatic carbocycles. The van der Waals surface area contributed by atoms with Crippen LogP contribution in [0.3, 0.4) is 0 Å². The number of rotatable bonds is 9. The Morgan fingerprint density at radius 1 is 1.30 bits per heavy atom. The third-order valence-corrected chi connectivity index (χ3v) is 4.63. The number of nitrogens with one attached hydrogen (secondary N) is 2. The van der Waals surface area contributed by atoms with E-state index >= 15 is 0 Å². The van der Waals surface area contributed by atoms with Gasteiger partial charge in [0.05, 0.1) is 5.75 Å². The van der Waals surface area contributed by atoms with Gasteiger partial charge < -0.3 is 9.73 Å². The van der Waals surface area contributed by atoms with Crippen molar-refractivity contribution in [1.82, 2.24) is 10.0 Å². The minimum Gasteiger partial charge on any atom is -0.466 e. The summed E-state index contributed by atoms with van der Waals surface area (Å²) >= 11 is 0. The molecule has 1 atom stereocenters. The van der Waals surface area contributed by atoms with E-state index in [9.17, 15) is 8.42 Å². The van der Waals surface area contributed by atoms with Crippen LogP contribution in [0.25, 0.3) is 0 Å². The lowest BCUT2D eigenvalue weighted by molar-refractivity contribution is 0.496. The second-order valence-corrected chi connectivity index (χ2v) is 7.00. The van der Waals surface area contributed by atoms with E-state index in [1.165, 1.54) is 0 Å². The van der Waals surface area contributed by atoms with Crippen LogP contribution in [0, 0.1) is 13.8 Å². The van der Waals surface area contributed by atoms with Crippen molar-refractivity contribution in [3.8, 4) is 0 Å². The van der Waals surface area contributed by atoms with E-state index in [0.717, 1.165) is 36.6 Å². The summed E-state index contributed by atoms with van der Waals surface area (Å²) in [5, 5.41) is 3.20. The van der Waals surface area contributed by atoms with Crippen molar-refractivity contribution in [2.45, 2.75) is 46.6 Å². The minimum absolute atomic E-state index is 0.143. The van der Waals surface area contributed by atoms with Crippen LogP contribution in [0.1, 0.15) is 49.8 Å². The van der Waals surface area contributed by atoms with Crippen molar-refractivity contribution in [1.29, 1.82) is 0 Å². The van der Waals surface area contributed by atoms with Gasteiger partial charge in [0.1, 0.15) is 11.5 Å². The first kappa shape index (κ1) is 17.2. The molecule has 0 fully saturated rings. The molecular weight excluding hydrogens is 276 g/mol. The van der Waals surface area contributed by atoms with E-state index in [4.69, 9.17) is 4.42 Å². The van der Waals surface area contributed by atoms with E-state index in [0.29, 0.717) is 6.42 Å². The lowest BCUT2D eigenvalue weighted by Gasteiger charge is -2.13. The highest BCUT2D eigenvalue weighted by molar-refractivity contribution is 7.89. The summed E-state index contributed by atoms with van der Waals surface area (Å²) in [6.45, 7) is 9.29. The van der Waals surface area contributed by atoms with Crippen molar-refractivity contribution >= 4 is 10.0 Å². The van der Waals surface area contributed by atoms with Crippen LogP contribution in [0.5, 0.6) is 0 Å².